The van der Waals surface area contributed by atoms with Gasteiger partial charge in [-0.3, -0.25) is 4.79 Å². The molecule has 2 aromatic rings. The van der Waals surface area contributed by atoms with Crippen molar-refractivity contribution in [1.82, 2.24) is 0 Å². The molecule has 7 heteroatoms. The van der Waals surface area contributed by atoms with Crippen LogP contribution >= 0.6 is 11.3 Å². The second kappa shape index (κ2) is 5.98. The van der Waals surface area contributed by atoms with Gasteiger partial charge in [-0.15, -0.1) is 11.3 Å². The summed E-state index contributed by atoms with van der Waals surface area (Å²) in [5, 5.41) is 9.42. The van der Waals surface area contributed by atoms with E-state index < -0.39 is 15.9 Å². The lowest BCUT2D eigenvalue weighted by molar-refractivity contribution is -0.123. The Morgan fingerprint density at radius 1 is 1.17 bits per heavy atom. The van der Waals surface area contributed by atoms with Gasteiger partial charge in [0.25, 0.3) is 10.0 Å². The summed E-state index contributed by atoms with van der Waals surface area (Å²) in [6.07, 6.45) is 2.37. The van der Waals surface area contributed by atoms with Crippen LogP contribution in [0.15, 0.2) is 40.6 Å². The van der Waals surface area contributed by atoms with Crippen molar-refractivity contribution in [3.8, 4) is 5.75 Å². The van der Waals surface area contributed by atoms with Gasteiger partial charge in [-0.05, 0) is 56.2 Å². The van der Waals surface area contributed by atoms with Crippen LogP contribution in [0.1, 0.15) is 24.1 Å². The molecule has 1 fully saturated rings. The molecule has 1 heterocycles. The van der Waals surface area contributed by atoms with Gasteiger partial charge in [-0.2, -0.15) is 8.42 Å². The van der Waals surface area contributed by atoms with E-state index in [1.807, 2.05) is 6.92 Å². The van der Waals surface area contributed by atoms with Gasteiger partial charge >= 0.3 is 0 Å². The maximum absolute atomic E-state index is 13.0. The number of nitrogens with zero attached hydrogens (tertiary/aromatic N) is 1. The Bertz CT molecular complexity index is 820. The summed E-state index contributed by atoms with van der Waals surface area (Å²) in [5.41, 5.74) is 0.255. The van der Waals surface area contributed by atoms with Crippen LogP contribution < -0.4 is 4.31 Å². The molecule has 5 nitrogen and oxygen atoms in total. The summed E-state index contributed by atoms with van der Waals surface area (Å²) in [5.74, 6) is -0.623. The number of carbonyl (C=O) groups excluding carboxylic acids is 1. The van der Waals surface area contributed by atoms with Gasteiger partial charge in [0, 0.05) is 10.8 Å². The number of hydrogen-bond donors (Lipinski definition) is 1. The van der Waals surface area contributed by atoms with Crippen molar-refractivity contribution in [2.24, 2.45) is 5.92 Å². The normalized spacial score (nSPS) is 15.2. The number of sulfonamides is 1. The van der Waals surface area contributed by atoms with E-state index in [0.29, 0.717) is 12.8 Å². The first-order chi connectivity index (χ1) is 10.9. The average molecular weight is 351 g/mol. The molecule has 0 bridgehead atoms. The van der Waals surface area contributed by atoms with Crippen LogP contribution in [0.2, 0.25) is 0 Å². The number of thiophene rings is 1. The molecule has 122 valence electrons. The number of anilines is 1. The fraction of sp³-hybridized carbons (Fsp3) is 0.312. The minimum Gasteiger partial charge on any atom is -0.508 e. The number of aromatic hydroxyl groups is 1. The Balaban J connectivity index is 2.07. The topological polar surface area (TPSA) is 74.7 Å². The molecule has 0 atom stereocenters. The number of phenols is 1. The summed E-state index contributed by atoms with van der Waals surface area (Å²) < 4.78 is 27.0. The Kier molecular flexibility index (Phi) is 4.16. The van der Waals surface area contributed by atoms with Crippen molar-refractivity contribution in [1.29, 1.82) is 0 Å². The summed E-state index contributed by atoms with van der Waals surface area (Å²) in [4.78, 5) is 13.6. The number of rotatable bonds is 4. The zero-order valence-corrected chi connectivity index (χ0v) is 14.2. The highest BCUT2D eigenvalue weighted by molar-refractivity contribution is 7.95. The molecule has 3 rings (SSSR count). The van der Waals surface area contributed by atoms with Crippen LogP contribution in [-0.2, 0) is 14.8 Å². The number of benzene rings is 1. The highest BCUT2D eigenvalue weighted by atomic mass is 32.2. The lowest BCUT2D eigenvalue weighted by Gasteiger charge is -2.30. The Hall–Kier alpha value is -1.86. The van der Waals surface area contributed by atoms with E-state index in [1.165, 1.54) is 30.3 Å². The highest BCUT2D eigenvalue weighted by Gasteiger charge is 2.38. The van der Waals surface area contributed by atoms with Gasteiger partial charge in [0.05, 0.1) is 5.69 Å². The van der Waals surface area contributed by atoms with Gasteiger partial charge in [0.1, 0.15) is 9.96 Å². The van der Waals surface area contributed by atoms with E-state index in [0.717, 1.165) is 26.9 Å². The predicted molar refractivity (Wildman–Crippen MR) is 89.2 cm³/mol. The highest BCUT2D eigenvalue weighted by Crippen LogP contribution is 2.35. The lowest BCUT2D eigenvalue weighted by Crippen LogP contribution is -2.42. The van der Waals surface area contributed by atoms with Gasteiger partial charge in [-0.1, -0.05) is 6.42 Å². The van der Waals surface area contributed by atoms with Crippen LogP contribution in [0.5, 0.6) is 5.75 Å². The largest absolute Gasteiger partial charge is 0.508 e. The van der Waals surface area contributed by atoms with E-state index in [9.17, 15) is 18.3 Å². The molecule has 1 aromatic carbocycles. The quantitative estimate of drug-likeness (QED) is 0.917. The van der Waals surface area contributed by atoms with Crippen molar-refractivity contribution in [2.45, 2.75) is 30.4 Å². The number of aryl methyl sites for hydroxylation is 1. The standard InChI is InChI=1S/C16H17NO4S2/c1-11-5-10-15(22-11)23(20,21)17(16(19)12-3-2-4-12)13-6-8-14(18)9-7-13/h5-10,12,18H,2-4H2,1H3. The molecule has 1 aromatic heterocycles. The van der Waals surface area contributed by atoms with Crippen molar-refractivity contribution in [3.05, 3.63) is 41.3 Å². The van der Waals surface area contributed by atoms with Crippen LogP contribution in [-0.4, -0.2) is 19.4 Å². The average Bonchev–Trinajstić information content (AvgIpc) is 2.86. The van der Waals surface area contributed by atoms with Crippen molar-refractivity contribution in [2.75, 3.05) is 4.31 Å². The van der Waals surface area contributed by atoms with Crippen LogP contribution in [0.4, 0.5) is 5.69 Å². The summed E-state index contributed by atoms with van der Waals surface area (Å²) >= 11 is 1.14. The third-order valence-electron chi connectivity index (χ3n) is 3.95. The second-order valence-corrected chi connectivity index (χ2v) is 8.92. The summed E-state index contributed by atoms with van der Waals surface area (Å²) in [6.45, 7) is 1.82. The third-order valence-corrected chi connectivity index (χ3v) is 7.14. The van der Waals surface area contributed by atoms with Crippen LogP contribution in [0, 0.1) is 12.8 Å². The maximum atomic E-state index is 13.0. The molecule has 1 N–H and O–H groups in total. The first-order valence-corrected chi connectivity index (χ1v) is 9.60. The second-order valence-electron chi connectivity index (χ2n) is 5.62. The third kappa shape index (κ3) is 2.98. The zero-order chi connectivity index (χ0) is 16.6. The fourth-order valence-electron chi connectivity index (χ4n) is 2.43. The molecule has 1 saturated carbocycles. The molecule has 1 aliphatic rings. The van der Waals surface area contributed by atoms with E-state index in [4.69, 9.17) is 0 Å². The molecule has 0 radical (unpaired) electrons. The van der Waals surface area contributed by atoms with E-state index in [2.05, 4.69) is 0 Å². The van der Waals surface area contributed by atoms with Crippen molar-refractivity contribution >= 4 is 33.0 Å². The van der Waals surface area contributed by atoms with Crippen LogP contribution in [0.25, 0.3) is 0 Å². The Morgan fingerprint density at radius 3 is 2.30 bits per heavy atom. The Labute approximate surface area is 139 Å². The van der Waals surface area contributed by atoms with E-state index in [-0.39, 0.29) is 21.6 Å². The van der Waals surface area contributed by atoms with E-state index in [1.54, 1.807) is 6.07 Å². The monoisotopic (exact) mass is 351 g/mol. The summed E-state index contributed by atoms with van der Waals surface area (Å²) in [6, 6.07) is 8.90. The molecule has 0 unspecified atom stereocenters. The minimum absolute atomic E-state index is 0.0224. The SMILES string of the molecule is Cc1ccc(S(=O)(=O)N(C(=O)C2CCC2)c2ccc(O)cc2)s1. The lowest BCUT2D eigenvalue weighted by atomic mass is 9.85. The number of phenolic OH excluding ortho intramolecular Hbond substituents is 1. The molecule has 23 heavy (non-hydrogen) atoms. The molecule has 1 aliphatic carbocycles. The number of amides is 1. The summed E-state index contributed by atoms with van der Waals surface area (Å²) in [7, 11) is -3.95. The maximum Gasteiger partial charge on any atom is 0.280 e. The number of hydrogen-bond acceptors (Lipinski definition) is 5. The minimum atomic E-state index is -3.95. The zero-order valence-electron chi connectivity index (χ0n) is 12.6. The number of carbonyl (C=O) groups is 1. The smallest absolute Gasteiger partial charge is 0.280 e. The van der Waals surface area contributed by atoms with Crippen LogP contribution in [0.3, 0.4) is 0 Å². The van der Waals surface area contributed by atoms with Gasteiger partial charge in [0.2, 0.25) is 5.91 Å². The van der Waals surface area contributed by atoms with Gasteiger partial charge in [-0.25, -0.2) is 4.31 Å². The molecular weight excluding hydrogens is 334 g/mol. The van der Waals surface area contributed by atoms with E-state index >= 15 is 0 Å². The van der Waals surface area contributed by atoms with Gasteiger partial charge < -0.3 is 5.11 Å². The van der Waals surface area contributed by atoms with Gasteiger partial charge in [0.15, 0.2) is 0 Å². The fourth-order valence-corrected chi connectivity index (χ4v) is 5.27. The molecule has 0 aliphatic heterocycles. The predicted octanol–water partition coefficient (Wildman–Crippen LogP) is 3.28. The molecular formula is C16H17NO4S2. The van der Waals surface area contributed by atoms with Crippen molar-refractivity contribution in [3.63, 3.8) is 0 Å². The van der Waals surface area contributed by atoms with Crippen molar-refractivity contribution < 1.29 is 18.3 Å². The Morgan fingerprint density at radius 2 is 1.83 bits per heavy atom. The first-order valence-electron chi connectivity index (χ1n) is 7.34. The molecule has 0 saturated heterocycles. The molecule has 0 spiro atoms. The molecule has 1 amide bonds. The first kappa shape index (κ1) is 16.0.